The average molecular weight is 426 g/mol. The molecule has 0 aliphatic carbocycles. The van der Waals surface area contributed by atoms with E-state index in [-0.39, 0.29) is 0 Å². The molecule has 0 spiro atoms. The predicted octanol–water partition coefficient (Wildman–Crippen LogP) is 3.19. The fourth-order valence-corrected chi connectivity index (χ4v) is 4.08. The van der Waals surface area contributed by atoms with E-state index in [0.717, 1.165) is 59.6 Å². The minimum absolute atomic E-state index is 0.536. The molecule has 1 saturated heterocycles. The van der Waals surface area contributed by atoms with Crippen molar-refractivity contribution in [2.75, 3.05) is 43.4 Å². The fourth-order valence-electron chi connectivity index (χ4n) is 4.08. The maximum absolute atomic E-state index is 4.73. The van der Waals surface area contributed by atoms with Gasteiger partial charge in [0.15, 0.2) is 5.65 Å². The van der Waals surface area contributed by atoms with Crippen molar-refractivity contribution in [3.05, 3.63) is 61.2 Å². The summed E-state index contributed by atoms with van der Waals surface area (Å²) in [5, 5.41) is 11.5. The van der Waals surface area contributed by atoms with Gasteiger partial charge in [0.05, 0.1) is 23.6 Å². The van der Waals surface area contributed by atoms with Gasteiger partial charge in [-0.3, -0.25) is 9.67 Å². The third-order valence-corrected chi connectivity index (χ3v) is 5.99. The summed E-state index contributed by atoms with van der Waals surface area (Å²) >= 11 is 0. The van der Waals surface area contributed by atoms with E-state index >= 15 is 0 Å². The van der Waals surface area contributed by atoms with Crippen molar-refractivity contribution in [3.63, 3.8) is 0 Å². The van der Waals surface area contributed by atoms with Crippen LogP contribution in [0.15, 0.2) is 61.2 Å². The van der Waals surface area contributed by atoms with Crippen LogP contribution in [-0.4, -0.2) is 67.8 Å². The van der Waals surface area contributed by atoms with E-state index in [1.807, 2.05) is 29.0 Å². The molecule has 32 heavy (non-hydrogen) atoms. The minimum atomic E-state index is 0.536. The zero-order valence-electron chi connectivity index (χ0n) is 17.7. The van der Waals surface area contributed by atoms with Gasteiger partial charge in [-0.15, -0.1) is 0 Å². The second-order valence-electron chi connectivity index (χ2n) is 8.12. The van der Waals surface area contributed by atoms with E-state index in [4.69, 9.17) is 4.98 Å². The maximum atomic E-state index is 4.73. The molecule has 0 radical (unpaired) electrons. The van der Waals surface area contributed by atoms with Gasteiger partial charge in [-0.2, -0.15) is 10.1 Å². The Balaban J connectivity index is 1.25. The van der Waals surface area contributed by atoms with Crippen molar-refractivity contribution in [1.29, 1.82) is 0 Å². The van der Waals surface area contributed by atoms with E-state index in [1.165, 1.54) is 5.69 Å². The molecule has 2 aromatic carbocycles. The second-order valence-corrected chi connectivity index (χ2v) is 8.12. The number of nitrogens with one attached hydrogen (secondary N) is 2. The highest BCUT2D eigenvalue weighted by molar-refractivity contribution is 5.81. The largest absolute Gasteiger partial charge is 0.369 e. The molecule has 9 nitrogen and oxygen atoms in total. The molecule has 2 N–H and O–H groups in total. The van der Waals surface area contributed by atoms with Crippen LogP contribution >= 0.6 is 0 Å². The van der Waals surface area contributed by atoms with Gasteiger partial charge in [0.1, 0.15) is 11.8 Å². The molecule has 1 aliphatic rings. The lowest BCUT2D eigenvalue weighted by atomic mass is 10.2. The van der Waals surface area contributed by atoms with Gasteiger partial charge in [0.2, 0.25) is 5.95 Å². The van der Waals surface area contributed by atoms with Gasteiger partial charge in [0, 0.05) is 42.9 Å². The first-order valence-electron chi connectivity index (χ1n) is 10.7. The summed E-state index contributed by atoms with van der Waals surface area (Å²) in [4.78, 5) is 18.4. The van der Waals surface area contributed by atoms with Crippen LogP contribution < -0.4 is 10.2 Å². The lowest BCUT2D eigenvalue weighted by Gasteiger charge is -2.34. The minimum Gasteiger partial charge on any atom is -0.369 e. The fraction of sp³-hybridized carbons (Fsp3) is 0.217. The number of aromatic nitrogens is 6. The number of aromatic amines is 1. The van der Waals surface area contributed by atoms with Gasteiger partial charge in [-0.1, -0.05) is 0 Å². The third kappa shape index (κ3) is 3.42. The lowest BCUT2D eigenvalue weighted by Crippen LogP contribution is -2.44. The van der Waals surface area contributed by atoms with E-state index in [2.05, 4.69) is 66.6 Å². The molecule has 4 heterocycles. The molecule has 0 atom stereocenters. The molecule has 5 aromatic rings. The van der Waals surface area contributed by atoms with Crippen LogP contribution in [0.2, 0.25) is 0 Å². The Morgan fingerprint density at radius 2 is 1.72 bits per heavy atom. The van der Waals surface area contributed by atoms with E-state index in [9.17, 15) is 0 Å². The summed E-state index contributed by atoms with van der Waals surface area (Å²) in [5.74, 6) is 0.536. The molecule has 1 fully saturated rings. The Morgan fingerprint density at radius 3 is 2.56 bits per heavy atom. The monoisotopic (exact) mass is 425 g/mol. The van der Waals surface area contributed by atoms with Crippen molar-refractivity contribution in [2.45, 2.75) is 0 Å². The highest BCUT2D eigenvalue weighted by Gasteiger charge is 2.14. The topological polar surface area (TPSA) is 90.8 Å². The van der Waals surface area contributed by atoms with Crippen molar-refractivity contribution in [2.24, 2.45) is 0 Å². The third-order valence-electron chi connectivity index (χ3n) is 5.99. The number of likely N-dealkylation sites (N-methyl/N-ethyl adjacent to an activating group) is 1. The van der Waals surface area contributed by atoms with Crippen LogP contribution in [-0.2, 0) is 0 Å². The zero-order valence-corrected chi connectivity index (χ0v) is 17.7. The van der Waals surface area contributed by atoms with Crippen molar-refractivity contribution in [1.82, 2.24) is 34.6 Å². The Labute approximate surface area is 184 Å². The SMILES string of the molecule is CN1CCN(c2ccc(Nc3ncc4ncn(-c5ccc6cn[nH]c6c5)c4n3)cc2)CC1. The Hall–Kier alpha value is -3.98. The maximum Gasteiger partial charge on any atom is 0.229 e. The summed E-state index contributed by atoms with van der Waals surface area (Å²) in [6, 6.07) is 14.5. The molecule has 1 aliphatic heterocycles. The Kier molecular flexibility index (Phi) is 4.46. The van der Waals surface area contributed by atoms with Gasteiger partial charge in [-0.05, 0) is 49.5 Å². The summed E-state index contributed by atoms with van der Waals surface area (Å²) in [6.07, 6.45) is 5.32. The van der Waals surface area contributed by atoms with Crippen molar-refractivity contribution < 1.29 is 0 Å². The lowest BCUT2D eigenvalue weighted by molar-refractivity contribution is 0.313. The number of piperazine rings is 1. The summed E-state index contributed by atoms with van der Waals surface area (Å²) in [7, 11) is 2.17. The van der Waals surface area contributed by atoms with Crippen molar-refractivity contribution >= 4 is 39.4 Å². The van der Waals surface area contributed by atoms with E-state index in [0.29, 0.717) is 5.95 Å². The first-order valence-corrected chi connectivity index (χ1v) is 10.7. The molecule has 6 rings (SSSR count). The smallest absolute Gasteiger partial charge is 0.229 e. The predicted molar refractivity (Wildman–Crippen MR) is 126 cm³/mol. The van der Waals surface area contributed by atoms with Crippen molar-refractivity contribution in [3.8, 4) is 5.69 Å². The molecule has 3 aromatic heterocycles. The zero-order chi connectivity index (χ0) is 21.5. The Bertz CT molecular complexity index is 1380. The molecule has 0 saturated carbocycles. The van der Waals surface area contributed by atoms with Crippen LogP contribution in [0, 0.1) is 0 Å². The number of H-pyrrole nitrogens is 1. The first kappa shape index (κ1) is 18.8. The highest BCUT2D eigenvalue weighted by Crippen LogP contribution is 2.23. The number of anilines is 3. The summed E-state index contributed by atoms with van der Waals surface area (Å²) in [6.45, 7) is 4.29. The number of imidazole rings is 1. The van der Waals surface area contributed by atoms with Crippen LogP contribution in [0.1, 0.15) is 0 Å². The van der Waals surface area contributed by atoms with Crippen LogP contribution in [0.5, 0.6) is 0 Å². The highest BCUT2D eigenvalue weighted by atomic mass is 15.2. The van der Waals surface area contributed by atoms with Crippen LogP contribution in [0.3, 0.4) is 0 Å². The quantitative estimate of drug-likeness (QED) is 0.457. The average Bonchev–Trinajstić information content (AvgIpc) is 3.46. The second kappa shape index (κ2) is 7.61. The molecular weight excluding hydrogens is 402 g/mol. The number of hydrogen-bond acceptors (Lipinski definition) is 7. The van der Waals surface area contributed by atoms with Gasteiger partial charge < -0.3 is 15.1 Å². The molecule has 160 valence electrons. The molecule has 0 amide bonds. The number of rotatable bonds is 4. The van der Waals surface area contributed by atoms with Gasteiger partial charge in [-0.25, -0.2) is 9.97 Å². The number of hydrogen-bond donors (Lipinski definition) is 2. The number of nitrogens with zero attached hydrogens (tertiary/aromatic N) is 7. The number of benzene rings is 2. The summed E-state index contributed by atoms with van der Waals surface area (Å²) in [5.41, 5.74) is 5.61. The number of fused-ring (bicyclic) bond motifs is 2. The van der Waals surface area contributed by atoms with Gasteiger partial charge in [0.25, 0.3) is 0 Å². The van der Waals surface area contributed by atoms with Gasteiger partial charge >= 0.3 is 0 Å². The Morgan fingerprint density at radius 1 is 0.906 bits per heavy atom. The summed E-state index contributed by atoms with van der Waals surface area (Å²) < 4.78 is 1.96. The molecule has 0 bridgehead atoms. The van der Waals surface area contributed by atoms with Crippen LogP contribution in [0.4, 0.5) is 17.3 Å². The van der Waals surface area contributed by atoms with Crippen LogP contribution in [0.25, 0.3) is 27.8 Å². The van der Waals surface area contributed by atoms with E-state index < -0.39 is 0 Å². The normalized spacial score (nSPS) is 15.0. The molecular formula is C23H23N9. The molecule has 0 unspecified atom stereocenters. The van der Waals surface area contributed by atoms with E-state index in [1.54, 1.807) is 12.5 Å². The standard InChI is InChI=1S/C23H23N9/c1-30-8-10-31(11-9-30)18-6-3-17(4-7-18)27-23-24-14-21-22(28-23)32(15-25-21)19-5-2-16-13-26-29-20(16)12-19/h2-7,12-15H,8-11H2,1H3,(H,26,29)(H,24,27,28). The molecule has 9 heteroatoms. The first-order chi connectivity index (χ1) is 15.7.